The number of rotatable bonds is 7. The fourth-order valence-electron chi connectivity index (χ4n) is 8.31. The highest BCUT2D eigenvalue weighted by Gasteiger charge is 2.42. The topological polar surface area (TPSA) is 73.8 Å². The predicted octanol–water partition coefficient (Wildman–Crippen LogP) is 6.92. The number of fused-ring (bicyclic) bond motifs is 4. The predicted molar refractivity (Wildman–Crippen MR) is 173 cm³/mol. The molecule has 3 saturated heterocycles. The van der Waals surface area contributed by atoms with E-state index in [0.29, 0.717) is 40.9 Å². The molecular formula is C35H39ClFN5O2. The summed E-state index contributed by atoms with van der Waals surface area (Å²) in [5, 5.41) is 16.6. The summed E-state index contributed by atoms with van der Waals surface area (Å²) in [6.07, 6.45) is 9.99. The van der Waals surface area contributed by atoms with Crippen molar-refractivity contribution in [1.82, 2.24) is 20.2 Å². The number of aromatic hydroxyl groups is 1. The van der Waals surface area contributed by atoms with Crippen LogP contribution >= 0.6 is 11.6 Å². The molecule has 2 atom stereocenters. The minimum absolute atomic E-state index is 0.0505. The van der Waals surface area contributed by atoms with Crippen molar-refractivity contribution in [2.45, 2.75) is 63.5 Å². The lowest BCUT2D eigenvalue weighted by atomic mass is 9.68. The molecule has 44 heavy (non-hydrogen) atoms. The number of halogens is 2. The Hall–Kier alpha value is -3.20. The van der Waals surface area contributed by atoms with Crippen LogP contribution in [-0.4, -0.2) is 71.4 Å². The highest BCUT2D eigenvalue weighted by molar-refractivity contribution is 6.35. The van der Waals surface area contributed by atoms with Crippen molar-refractivity contribution >= 4 is 39.1 Å². The second-order valence-corrected chi connectivity index (χ2v) is 13.9. The van der Waals surface area contributed by atoms with Gasteiger partial charge in [0.05, 0.1) is 11.6 Å². The third-order valence-electron chi connectivity index (χ3n) is 10.4. The number of nitrogens with zero attached hydrogens (tertiary/aromatic N) is 4. The van der Waals surface area contributed by atoms with E-state index in [4.69, 9.17) is 21.3 Å². The van der Waals surface area contributed by atoms with E-state index >= 15 is 4.39 Å². The number of hydrogen-bond acceptors (Lipinski definition) is 7. The van der Waals surface area contributed by atoms with Crippen LogP contribution in [0, 0.1) is 11.2 Å². The number of piperazine rings is 1. The second-order valence-electron chi connectivity index (χ2n) is 13.5. The lowest BCUT2D eigenvalue weighted by molar-refractivity contribution is -0.0297. The molecule has 1 aliphatic carbocycles. The van der Waals surface area contributed by atoms with E-state index < -0.39 is 5.82 Å². The molecule has 9 heteroatoms. The standard InChI is InChI=1S/C35H39ClFN5O2/c36-29-17-28-32(31(37)30(29)27-16-25(43)15-22-7-2-3-8-26(22)27)39-34(40-33(28)42-18-23-9-10-24(19-42)38-23)44-14-6-13-41-20-35(21-41)11-4-1-5-12-35/h2-3,7-8,15-17,23-24,38,43H,1,4-6,9-14,18-21H2. The summed E-state index contributed by atoms with van der Waals surface area (Å²) in [7, 11) is 0. The number of ether oxygens (including phenoxy) is 1. The van der Waals surface area contributed by atoms with Crippen molar-refractivity contribution in [1.29, 1.82) is 0 Å². The Morgan fingerprint density at radius 3 is 2.57 bits per heavy atom. The number of anilines is 1. The molecule has 3 aliphatic heterocycles. The van der Waals surface area contributed by atoms with Crippen molar-refractivity contribution in [3.63, 3.8) is 0 Å². The van der Waals surface area contributed by atoms with E-state index in [1.165, 1.54) is 45.2 Å². The molecule has 4 aromatic rings. The molecule has 4 aliphatic rings. The zero-order chi connectivity index (χ0) is 29.8. The lowest BCUT2D eigenvalue weighted by Crippen LogP contribution is -2.57. The first-order valence-corrected chi connectivity index (χ1v) is 16.6. The van der Waals surface area contributed by atoms with Gasteiger partial charge in [-0.25, -0.2) is 4.39 Å². The molecular weight excluding hydrogens is 577 g/mol. The number of likely N-dealkylation sites (tertiary alicyclic amines) is 1. The lowest BCUT2D eigenvalue weighted by Gasteiger charge is -2.52. The normalized spacial score (nSPS) is 23.0. The fraction of sp³-hybridized carbons (Fsp3) is 0.486. The average Bonchev–Trinajstić information content (AvgIpc) is 3.35. The van der Waals surface area contributed by atoms with Gasteiger partial charge in [-0.15, -0.1) is 0 Å². The van der Waals surface area contributed by atoms with Crippen LogP contribution in [0.4, 0.5) is 10.2 Å². The third-order valence-corrected chi connectivity index (χ3v) is 10.7. The van der Waals surface area contributed by atoms with Crippen LogP contribution in [0.5, 0.6) is 11.8 Å². The number of nitrogens with one attached hydrogen (secondary N) is 1. The van der Waals surface area contributed by atoms with E-state index in [1.54, 1.807) is 18.2 Å². The van der Waals surface area contributed by atoms with Gasteiger partial charge < -0.3 is 25.0 Å². The smallest absolute Gasteiger partial charge is 0.319 e. The third kappa shape index (κ3) is 5.15. The molecule has 1 saturated carbocycles. The Morgan fingerprint density at radius 2 is 1.77 bits per heavy atom. The molecule has 3 aromatic carbocycles. The van der Waals surface area contributed by atoms with Crippen LogP contribution < -0.4 is 15.0 Å². The fourth-order valence-corrected chi connectivity index (χ4v) is 8.61. The van der Waals surface area contributed by atoms with Gasteiger partial charge in [-0.1, -0.05) is 55.1 Å². The monoisotopic (exact) mass is 615 g/mol. The van der Waals surface area contributed by atoms with Gasteiger partial charge in [0.1, 0.15) is 17.1 Å². The summed E-state index contributed by atoms with van der Waals surface area (Å²) >= 11 is 6.88. The van der Waals surface area contributed by atoms with Crippen molar-refractivity contribution in [2.24, 2.45) is 5.41 Å². The second kappa shape index (κ2) is 11.3. The maximum atomic E-state index is 16.7. The molecule has 2 N–H and O–H groups in total. The summed E-state index contributed by atoms with van der Waals surface area (Å²) in [5.74, 6) is 0.182. The van der Waals surface area contributed by atoms with E-state index in [-0.39, 0.29) is 27.9 Å². The van der Waals surface area contributed by atoms with Gasteiger partial charge >= 0.3 is 6.01 Å². The van der Waals surface area contributed by atoms with Gasteiger partial charge in [0.15, 0.2) is 5.82 Å². The van der Waals surface area contributed by atoms with Crippen molar-refractivity contribution in [3.8, 4) is 22.9 Å². The molecule has 2 bridgehead atoms. The van der Waals surface area contributed by atoms with Gasteiger partial charge in [0.2, 0.25) is 0 Å². The summed E-state index contributed by atoms with van der Waals surface area (Å²) in [5.41, 5.74) is 1.50. The van der Waals surface area contributed by atoms with Crippen LogP contribution in [-0.2, 0) is 0 Å². The molecule has 2 unspecified atom stereocenters. The van der Waals surface area contributed by atoms with Crippen LogP contribution in [0.15, 0.2) is 42.5 Å². The zero-order valence-electron chi connectivity index (χ0n) is 25.0. The van der Waals surface area contributed by atoms with E-state index in [0.717, 1.165) is 49.7 Å². The van der Waals surface area contributed by atoms with Crippen LogP contribution in [0.2, 0.25) is 5.02 Å². The van der Waals surface area contributed by atoms with E-state index in [9.17, 15) is 5.11 Å². The Morgan fingerprint density at radius 1 is 1.00 bits per heavy atom. The first-order valence-electron chi connectivity index (χ1n) is 16.2. The maximum absolute atomic E-state index is 16.7. The van der Waals surface area contributed by atoms with Crippen molar-refractivity contribution in [3.05, 3.63) is 53.3 Å². The molecule has 0 amide bonds. The highest BCUT2D eigenvalue weighted by Crippen LogP contribution is 2.44. The molecule has 1 spiro atoms. The Bertz CT molecular complexity index is 1710. The van der Waals surface area contributed by atoms with Gasteiger partial charge in [-0.3, -0.25) is 0 Å². The van der Waals surface area contributed by atoms with E-state index in [2.05, 4.69) is 20.1 Å². The van der Waals surface area contributed by atoms with Crippen LogP contribution in [0.25, 0.3) is 32.8 Å². The number of hydrogen-bond donors (Lipinski definition) is 2. The number of aromatic nitrogens is 2. The molecule has 7 nitrogen and oxygen atoms in total. The van der Waals surface area contributed by atoms with Crippen LogP contribution in [0.1, 0.15) is 51.4 Å². The Balaban J connectivity index is 1.12. The molecule has 4 heterocycles. The van der Waals surface area contributed by atoms with Gasteiger partial charge in [0, 0.05) is 55.8 Å². The number of phenols is 1. The van der Waals surface area contributed by atoms with Crippen molar-refractivity contribution in [2.75, 3.05) is 44.2 Å². The SMILES string of the molecule is Oc1cc(-c2c(Cl)cc3c(N4CC5CCC(C4)N5)nc(OCCCN4CC5(CCCCC5)C4)nc3c2F)c2ccccc2c1. The minimum atomic E-state index is -0.534. The number of phenolic OH excluding ortho intramolecular Hbond substituents is 1. The molecule has 1 aromatic heterocycles. The molecule has 230 valence electrons. The summed E-state index contributed by atoms with van der Waals surface area (Å²) in [4.78, 5) is 14.3. The molecule has 4 fully saturated rings. The van der Waals surface area contributed by atoms with E-state index in [1.807, 2.05) is 24.3 Å². The Labute approximate surface area is 262 Å². The highest BCUT2D eigenvalue weighted by atomic mass is 35.5. The molecule has 8 rings (SSSR count). The average molecular weight is 616 g/mol. The summed E-state index contributed by atoms with van der Waals surface area (Å²) < 4.78 is 22.9. The Kier molecular flexibility index (Phi) is 7.27. The first kappa shape index (κ1) is 28.3. The quantitative estimate of drug-likeness (QED) is 0.219. The maximum Gasteiger partial charge on any atom is 0.319 e. The summed E-state index contributed by atoms with van der Waals surface area (Å²) in [6.45, 7) is 5.44. The summed E-state index contributed by atoms with van der Waals surface area (Å²) in [6, 6.07) is 13.6. The number of benzene rings is 3. The largest absolute Gasteiger partial charge is 0.508 e. The first-order chi connectivity index (χ1) is 21.4. The van der Waals surface area contributed by atoms with Crippen molar-refractivity contribution < 1.29 is 14.2 Å². The zero-order valence-corrected chi connectivity index (χ0v) is 25.8. The molecule has 0 radical (unpaired) electrons. The van der Waals surface area contributed by atoms with Crippen LogP contribution in [0.3, 0.4) is 0 Å². The van der Waals surface area contributed by atoms with Gasteiger partial charge in [-0.05, 0) is 72.1 Å². The van der Waals surface area contributed by atoms with Gasteiger partial charge in [-0.2, -0.15) is 9.97 Å². The minimum Gasteiger partial charge on any atom is -0.508 e. The van der Waals surface area contributed by atoms with Gasteiger partial charge in [0.25, 0.3) is 0 Å².